The van der Waals surface area contributed by atoms with Crippen molar-refractivity contribution in [1.82, 2.24) is 10.2 Å². The summed E-state index contributed by atoms with van der Waals surface area (Å²) in [6, 6.07) is 0. The normalized spacial score (nSPS) is 34.2. The molecule has 2 nitrogen and oxygen atoms in total. The molecule has 2 heterocycles. The molecule has 1 unspecified atom stereocenters. The van der Waals surface area contributed by atoms with Gasteiger partial charge in [0.2, 0.25) is 0 Å². The molecule has 2 aliphatic rings. The first kappa shape index (κ1) is 14.4. The number of thioether (sulfide) groups is 1. The molecular formula is C12H24N2S3. The second kappa shape index (κ2) is 5.53. The minimum atomic E-state index is 0.327. The summed E-state index contributed by atoms with van der Waals surface area (Å²) in [6.45, 7) is 14.2. The van der Waals surface area contributed by atoms with Crippen LogP contribution in [0.3, 0.4) is 0 Å². The van der Waals surface area contributed by atoms with Crippen LogP contribution < -0.4 is 5.32 Å². The summed E-state index contributed by atoms with van der Waals surface area (Å²) in [4.78, 5) is 2.66. The Bertz CT molecular complexity index is 268. The van der Waals surface area contributed by atoms with Crippen molar-refractivity contribution in [2.45, 2.75) is 42.6 Å². The minimum Gasteiger partial charge on any atom is -0.314 e. The van der Waals surface area contributed by atoms with Crippen LogP contribution in [-0.4, -0.2) is 51.7 Å². The van der Waals surface area contributed by atoms with E-state index in [9.17, 15) is 0 Å². The number of fused-ring (bicyclic) bond motifs is 1. The smallest absolute Gasteiger partial charge is 0.0710 e. The summed E-state index contributed by atoms with van der Waals surface area (Å²) in [5, 5.41) is 4.28. The molecule has 0 bridgehead atoms. The van der Waals surface area contributed by atoms with Crippen LogP contribution in [0.25, 0.3) is 0 Å². The summed E-state index contributed by atoms with van der Waals surface area (Å²) in [6.07, 6.45) is 0. The zero-order valence-electron chi connectivity index (χ0n) is 11.3. The minimum absolute atomic E-state index is 0.327. The van der Waals surface area contributed by atoms with E-state index in [1.165, 1.54) is 18.8 Å². The van der Waals surface area contributed by atoms with E-state index in [0.29, 0.717) is 14.9 Å². The number of nitrogens with one attached hydrogen (secondary N) is 1. The number of nitrogens with zero attached hydrogens (tertiary/aromatic N) is 1. The van der Waals surface area contributed by atoms with Crippen LogP contribution in [-0.2, 0) is 0 Å². The average Bonchev–Trinajstić information content (AvgIpc) is 2.70. The van der Waals surface area contributed by atoms with E-state index in [-0.39, 0.29) is 0 Å². The van der Waals surface area contributed by atoms with Crippen LogP contribution >= 0.6 is 33.3 Å². The molecule has 2 fully saturated rings. The van der Waals surface area contributed by atoms with Gasteiger partial charge in [-0.1, -0.05) is 21.6 Å². The average molecular weight is 293 g/mol. The fourth-order valence-corrected chi connectivity index (χ4v) is 6.80. The van der Waals surface area contributed by atoms with E-state index in [4.69, 9.17) is 0 Å². The highest BCUT2D eigenvalue weighted by Gasteiger charge is 2.40. The van der Waals surface area contributed by atoms with Crippen molar-refractivity contribution in [3.63, 3.8) is 0 Å². The van der Waals surface area contributed by atoms with E-state index in [1.807, 2.05) is 10.8 Å². The van der Waals surface area contributed by atoms with Gasteiger partial charge in [0.25, 0.3) is 0 Å². The standard InChI is InChI=1S/C12H24N2S3/c1-11(2)9-13-5-6-14-7-8-15-10(14)12(3,4)17-16-11/h10,13H,5-9H2,1-4H3. The monoisotopic (exact) mass is 292 g/mol. The van der Waals surface area contributed by atoms with Crippen molar-refractivity contribution in [3.05, 3.63) is 0 Å². The van der Waals surface area contributed by atoms with Gasteiger partial charge in [0, 0.05) is 41.4 Å². The third-order valence-corrected chi connectivity index (χ3v) is 9.18. The van der Waals surface area contributed by atoms with E-state index in [1.54, 1.807) is 0 Å². The largest absolute Gasteiger partial charge is 0.314 e. The Balaban J connectivity index is 2.08. The maximum atomic E-state index is 3.60. The quantitative estimate of drug-likeness (QED) is 0.689. The van der Waals surface area contributed by atoms with Crippen molar-refractivity contribution >= 4 is 33.3 Å². The summed E-state index contributed by atoms with van der Waals surface area (Å²) in [5.74, 6) is 1.29. The molecule has 0 aromatic rings. The second-order valence-corrected chi connectivity index (χ2v) is 10.6. The van der Waals surface area contributed by atoms with Crippen molar-refractivity contribution in [3.8, 4) is 0 Å². The lowest BCUT2D eigenvalue weighted by Crippen LogP contribution is -2.47. The Morgan fingerprint density at radius 2 is 1.88 bits per heavy atom. The fourth-order valence-electron chi connectivity index (χ4n) is 2.28. The molecule has 5 heteroatoms. The van der Waals surface area contributed by atoms with Crippen LogP contribution in [0.5, 0.6) is 0 Å². The third kappa shape index (κ3) is 3.72. The first-order chi connectivity index (χ1) is 7.91. The van der Waals surface area contributed by atoms with Crippen LogP contribution in [0, 0.1) is 0 Å². The molecule has 17 heavy (non-hydrogen) atoms. The van der Waals surface area contributed by atoms with Crippen LogP contribution in [0.2, 0.25) is 0 Å². The van der Waals surface area contributed by atoms with Gasteiger partial charge in [0.1, 0.15) is 0 Å². The molecule has 0 spiro atoms. The molecule has 0 saturated carbocycles. The Labute approximate surface area is 118 Å². The fraction of sp³-hybridized carbons (Fsp3) is 1.00. The second-order valence-electron chi connectivity index (χ2n) is 5.97. The first-order valence-electron chi connectivity index (χ1n) is 6.34. The van der Waals surface area contributed by atoms with Gasteiger partial charge >= 0.3 is 0 Å². The summed E-state index contributed by atoms with van der Waals surface area (Å²) >= 11 is 2.14. The van der Waals surface area contributed by atoms with E-state index < -0.39 is 0 Å². The molecule has 1 atom stereocenters. The van der Waals surface area contributed by atoms with E-state index in [2.05, 4.69) is 60.5 Å². The van der Waals surface area contributed by atoms with Gasteiger partial charge in [-0.3, -0.25) is 4.90 Å². The van der Waals surface area contributed by atoms with Crippen molar-refractivity contribution in [2.75, 3.05) is 31.9 Å². The SMILES string of the molecule is CC1(C)CNCCN2CCSC2C(C)(C)SS1. The first-order valence-corrected chi connectivity index (χ1v) is 9.54. The highest BCUT2D eigenvalue weighted by molar-refractivity contribution is 8.77. The lowest BCUT2D eigenvalue weighted by Gasteiger charge is -2.39. The van der Waals surface area contributed by atoms with E-state index >= 15 is 0 Å². The molecular weight excluding hydrogens is 268 g/mol. The molecule has 2 rings (SSSR count). The van der Waals surface area contributed by atoms with Gasteiger partial charge in [-0.05, 0) is 27.7 Å². The highest BCUT2D eigenvalue weighted by atomic mass is 33.1. The maximum absolute atomic E-state index is 3.60. The summed E-state index contributed by atoms with van der Waals surface area (Å²) < 4.78 is 0.661. The van der Waals surface area contributed by atoms with Crippen LogP contribution in [0.15, 0.2) is 0 Å². The number of rotatable bonds is 0. The Morgan fingerprint density at radius 3 is 2.65 bits per heavy atom. The molecule has 2 aliphatic heterocycles. The van der Waals surface area contributed by atoms with Gasteiger partial charge in [0.15, 0.2) is 0 Å². The Hall–Kier alpha value is 0.970. The van der Waals surface area contributed by atoms with Gasteiger partial charge in [0.05, 0.1) is 5.37 Å². The lowest BCUT2D eigenvalue weighted by atomic mass is 10.2. The zero-order chi connectivity index (χ0) is 12.5. The van der Waals surface area contributed by atoms with Gasteiger partial charge in [-0.2, -0.15) is 0 Å². The topological polar surface area (TPSA) is 15.3 Å². The lowest BCUT2D eigenvalue weighted by molar-refractivity contribution is 0.259. The maximum Gasteiger partial charge on any atom is 0.0710 e. The molecule has 100 valence electrons. The highest BCUT2D eigenvalue weighted by Crippen LogP contribution is 2.49. The van der Waals surface area contributed by atoms with Crippen molar-refractivity contribution in [1.29, 1.82) is 0 Å². The summed E-state index contributed by atoms with van der Waals surface area (Å²) in [5.41, 5.74) is 0. The number of hydrogen-bond acceptors (Lipinski definition) is 5. The molecule has 0 aromatic carbocycles. The Kier molecular flexibility index (Phi) is 4.68. The summed E-state index contributed by atoms with van der Waals surface area (Å²) in [7, 11) is 4.12. The molecule has 0 radical (unpaired) electrons. The molecule has 0 amide bonds. The predicted molar refractivity (Wildman–Crippen MR) is 84.0 cm³/mol. The Morgan fingerprint density at radius 1 is 1.12 bits per heavy atom. The number of hydrogen-bond donors (Lipinski definition) is 1. The zero-order valence-corrected chi connectivity index (χ0v) is 13.7. The van der Waals surface area contributed by atoms with Crippen LogP contribution in [0.4, 0.5) is 0 Å². The van der Waals surface area contributed by atoms with Crippen LogP contribution in [0.1, 0.15) is 27.7 Å². The predicted octanol–water partition coefficient (Wildman–Crippen LogP) is 2.90. The van der Waals surface area contributed by atoms with E-state index in [0.717, 1.165) is 13.1 Å². The van der Waals surface area contributed by atoms with Crippen molar-refractivity contribution < 1.29 is 0 Å². The molecule has 0 aromatic heterocycles. The molecule has 1 N–H and O–H groups in total. The van der Waals surface area contributed by atoms with Crippen molar-refractivity contribution in [2.24, 2.45) is 0 Å². The van der Waals surface area contributed by atoms with Gasteiger partial charge in [-0.15, -0.1) is 11.8 Å². The molecule has 0 aliphatic carbocycles. The van der Waals surface area contributed by atoms with Gasteiger partial charge < -0.3 is 5.32 Å². The molecule has 2 saturated heterocycles. The third-order valence-electron chi connectivity index (χ3n) is 3.19. The van der Waals surface area contributed by atoms with Gasteiger partial charge in [-0.25, -0.2) is 0 Å².